The van der Waals surface area contributed by atoms with Gasteiger partial charge in [0.25, 0.3) is 0 Å². The van der Waals surface area contributed by atoms with Gasteiger partial charge in [-0.1, -0.05) is 6.58 Å². The molecule has 0 aliphatic carbocycles. The Morgan fingerprint density at radius 1 is 1.73 bits per heavy atom. The van der Waals surface area contributed by atoms with Crippen molar-refractivity contribution in [2.24, 2.45) is 0 Å². The second-order valence-electron chi connectivity index (χ2n) is 3.65. The Kier molecular flexibility index (Phi) is 3.71. The second kappa shape index (κ2) is 4.82. The first-order chi connectivity index (χ1) is 7.02. The molecule has 0 aromatic rings. The first-order valence-electron chi connectivity index (χ1n) is 4.89. The maximum absolute atomic E-state index is 11.3. The molecule has 1 saturated heterocycles. The molecule has 0 radical (unpaired) electrons. The molecule has 1 fully saturated rings. The molecular formula is C10H16N2O3. The lowest BCUT2D eigenvalue weighted by Gasteiger charge is -2.22. The lowest BCUT2D eigenvalue weighted by molar-refractivity contribution is -0.140. The van der Waals surface area contributed by atoms with Crippen molar-refractivity contribution < 1.29 is 14.3 Å². The second-order valence-corrected chi connectivity index (χ2v) is 3.65. The lowest BCUT2D eigenvalue weighted by atomic mass is 10.3. The minimum atomic E-state index is -0.415. The number of carbonyl (C=O) groups excluding carboxylic acids is 2. The molecule has 1 atom stereocenters. The van der Waals surface area contributed by atoms with Crippen LogP contribution < -0.4 is 5.32 Å². The van der Waals surface area contributed by atoms with Crippen LogP contribution in [0.3, 0.4) is 0 Å². The van der Waals surface area contributed by atoms with Crippen LogP contribution in [0.1, 0.15) is 13.8 Å². The average molecular weight is 212 g/mol. The average Bonchev–Trinajstić information content (AvgIpc) is 2.60. The van der Waals surface area contributed by atoms with Gasteiger partial charge in [0.05, 0.1) is 6.04 Å². The Bertz CT molecular complexity index is 288. The summed E-state index contributed by atoms with van der Waals surface area (Å²) in [6.07, 6.45) is 0. The van der Waals surface area contributed by atoms with E-state index in [2.05, 4.69) is 11.9 Å². The molecule has 1 aliphatic heterocycles. The highest BCUT2D eigenvalue weighted by atomic mass is 16.5. The van der Waals surface area contributed by atoms with E-state index in [1.807, 2.05) is 6.92 Å². The molecule has 0 saturated carbocycles. The number of nitrogens with one attached hydrogen (secondary N) is 1. The normalized spacial score (nSPS) is 17.2. The molecule has 1 aliphatic rings. The van der Waals surface area contributed by atoms with Crippen LogP contribution in [0.2, 0.25) is 0 Å². The molecule has 1 unspecified atom stereocenters. The predicted molar refractivity (Wildman–Crippen MR) is 55.3 cm³/mol. The van der Waals surface area contributed by atoms with Gasteiger partial charge in [-0.25, -0.2) is 9.59 Å². The van der Waals surface area contributed by atoms with Gasteiger partial charge in [0.1, 0.15) is 6.61 Å². The highest BCUT2D eigenvalue weighted by Gasteiger charge is 2.25. The molecule has 0 aromatic heterocycles. The lowest BCUT2D eigenvalue weighted by Crippen LogP contribution is -2.39. The summed E-state index contributed by atoms with van der Waals surface area (Å²) in [6.45, 7) is 8.43. The van der Waals surface area contributed by atoms with Crippen molar-refractivity contribution in [2.45, 2.75) is 19.9 Å². The number of esters is 1. The largest absolute Gasteiger partial charge is 0.460 e. The number of ether oxygens (including phenoxy) is 1. The number of amides is 2. The molecule has 1 N–H and O–H groups in total. The van der Waals surface area contributed by atoms with Gasteiger partial charge in [-0.15, -0.1) is 0 Å². The van der Waals surface area contributed by atoms with Crippen molar-refractivity contribution in [3.8, 4) is 0 Å². The maximum Gasteiger partial charge on any atom is 0.333 e. The molecular weight excluding hydrogens is 196 g/mol. The van der Waals surface area contributed by atoms with E-state index in [1.54, 1.807) is 11.8 Å². The Morgan fingerprint density at radius 3 is 2.87 bits per heavy atom. The standard InChI is InChI=1S/C10H16N2O3/c1-7(2)9(13)15-6-8(3)12-5-4-11-10(12)14/h8H,1,4-6H2,2-3H3,(H,11,14). The van der Waals surface area contributed by atoms with Gasteiger partial charge in [0, 0.05) is 18.7 Å². The third-order valence-electron chi connectivity index (χ3n) is 2.23. The zero-order valence-corrected chi connectivity index (χ0v) is 9.08. The van der Waals surface area contributed by atoms with E-state index in [0.717, 1.165) is 0 Å². The van der Waals surface area contributed by atoms with Gasteiger partial charge in [-0.2, -0.15) is 0 Å². The summed E-state index contributed by atoms with van der Waals surface area (Å²) in [4.78, 5) is 24.0. The van der Waals surface area contributed by atoms with Crippen LogP contribution in [0.4, 0.5) is 4.79 Å². The molecule has 1 heterocycles. The van der Waals surface area contributed by atoms with E-state index < -0.39 is 5.97 Å². The third kappa shape index (κ3) is 2.97. The molecule has 15 heavy (non-hydrogen) atoms. The SMILES string of the molecule is C=C(C)C(=O)OCC(C)N1CCNC1=O. The molecule has 5 heteroatoms. The fourth-order valence-corrected chi connectivity index (χ4v) is 1.32. The van der Waals surface area contributed by atoms with E-state index in [0.29, 0.717) is 18.7 Å². The van der Waals surface area contributed by atoms with Crippen molar-refractivity contribution in [1.29, 1.82) is 0 Å². The van der Waals surface area contributed by atoms with Crippen molar-refractivity contribution in [3.05, 3.63) is 12.2 Å². The van der Waals surface area contributed by atoms with E-state index in [1.165, 1.54) is 0 Å². The molecule has 84 valence electrons. The van der Waals surface area contributed by atoms with Crippen molar-refractivity contribution in [1.82, 2.24) is 10.2 Å². The molecule has 2 amide bonds. The van der Waals surface area contributed by atoms with E-state index in [9.17, 15) is 9.59 Å². The first-order valence-corrected chi connectivity index (χ1v) is 4.89. The highest BCUT2D eigenvalue weighted by Crippen LogP contribution is 2.05. The number of carbonyl (C=O) groups is 2. The predicted octanol–water partition coefficient (Wildman–Crippen LogP) is 0.519. The minimum Gasteiger partial charge on any atom is -0.460 e. The Morgan fingerprint density at radius 2 is 2.40 bits per heavy atom. The summed E-state index contributed by atoms with van der Waals surface area (Å²) in [5.41, 5.74) is 0.369. The molecule has 1 rings (SSSR count). The van der Waals surface area contributed by atoms with E-state index in [-0.39, 0.29) is 18.7 Å². The number of urea groups is 1. The summed E-state index contributed by atoms with van der Waals surface area (Å²) in [6, 6.07) is -0.204. The van der Waals surface area contributed by atoms with Crippen LogP contribution in [-0.4, -0.2) is 42.6 Å². The van der Waals surface area contributed by atoms with Gasteiger partial charge >= 0.3 is 12.0 Å². The highest BCUT2D eigenvalue weighted by molar-refractivity contribution is 5.87. The Hall–Kier alpha value is -1.52. The van der Waals surface area contributed by atoms with E-state index >= 15 is 0 Å². The van der Waals surface area contributed by atoms with Gasteiger partial charge in [-0.3, -0.25) is 0 Å². The van der Waals surface area contributed by atoms with Crippen molar-refractivity contribution in [3.63, 3.8) is 0 Å². The van der Waals surface area contributed by atoms with Crippen LogP contribution in [-0.2, 0) is 9.53 Å². The number of hydrogen-bond acceptors (Lipinski definition) is 3. The monoisotopic (exact) mass is 212 g/mol. The van der Waals surface area contributed by atoms with Crippen molar-refractivity contribution >= 4 is 12.0 Å². The van der Waals surface area contributed by atoms with Crippen LogP contribution in [0, 0.1) is 0 Å². The summed E-state index contributed by atoms with van der Waals surface area (Å²) in [5, 5.41) is 2.69. The first kappa shape index (κ1) is 11.6. The number of nitrogens with zero attached hydrogens (tertiary/aromatic N) is 1. The zero-order chi connectivity index (χ0) is 11.4. The molecule has 5 nitrogen and oxygen atoms in total. The van der Waals surface area contributed by atoms with Crippen LogP contribution in [0.5, 0.6) is 0 Å². The minimum absolute atomic E-state index is 0.101. The maximum atomic E-state index is 11.3. The Balaban J connectivity index is 2.35. The smallest absolute Gasteiger partial charge is 0.333 e. The summed E-state index contributed by atoms with van der Waals surface area (Å²) in [7, 11) is 0. The van der Waals surface area contributed by atoms with Crippen LogP contribution in [0.15, 0.2) is 12.2 Å². The fraction of sp³-hybridized carbons (Fsp3) is 0.600. The van der Waals surface area contributed by atoms with Crippen molar-refractivity contribution in [2.75, 3.05) is 19.7 Å². The van der Waals surface area contributed by atoms with Crippen LogP contribution >= 0.6 is 0 Å². The number of rotatable bonds is 4. The third-order valence-corrected chi connectivity index (χ3v) is 2.23. The quantitative estimate of drug-likeness (QED) is 0.546. The fourth-order valence-electron chi connectivity index (χ4n) is 1.32. The Labute approximate surface area is 89.1 Å². The van der Waals surface area contributed by atoms with E-state index in [4.69, 9.17) is 4.74 Å². The summed E-state index contributed by atoms with van der Waals surface area (Å²) < 4.78 is 4.97. The van der Waals surface area contributed by atoms with Gasteiger partial charge in [-0.05, 0) is 13.8 Å². The molecule has 0 spiro atoms. The molecule has 0 aromatic carbocycles. The van der Waals surface area contributed by atoms with Gasteiger partial charge < -0.3 is 15.0 Å². The van der Waals surface area contributed by atoms with Gasteiger partial charge in [0.15, 0.2) is 0 Å². The summed E-state index contributed by atoms with van der Waals surface area (Å²) in [5.74, 6) is -0.415. The van der Waals surface area contributed by atoms with Gasteiger partial charge in [0.2, 0.25) is 0 Å². The summed E-state index contributed by atoms with van der Waals surface area (Å²) >= 11 is 0. The molecule has 0 bridgehead atoms. The zero-order valence-electron chi connectivity index (χ0n) is 9.08. The van der Waals surface area contributed by atoms with Crippen LogP contribution in [0.25, 0.3) is 0 Å². The topological polar surface area (TPSA) is 58.6 Å². The number of hydrogen-bond donors (Lipinski definition) is 1.